The second-order valence-electron chi connectivity index (χ2n) is 3.66. The van der Waals surface area contributed by atoms with Crippen LogP contribution < -0.4 is 5.32 Å². The van der Waals surface area contributed by atoms with Crippen LogP contribution in [0.4, 0.5) is 0 Å². The first kappa shape index (κ1) is 12.3. The molecule has 0 bridgehead atoms. The summed E-state index contributed by atoms with van der Waals surface area (Å²) in [4.78, 5) is 10.6. The number of amides is 1. The molecule has 84 valence electrons. The quantitative estimate of drug-likeness (QED) is 0.769. The maximum atomic E-state index is 10.6. The molecule has 0 aliphatic heterocycles. The van der Waals surface area contributed by atoms with E-state index in [1.54, 1.807) is 0 Å². The van der Waals surface area contributed by atoms with Gasteiger partial charge in [0.05, 0.1) is 6.54 Å². The van der Waals surface area contributed by atoms with Crippen molar-refractivity contribution in [2.24, 2.45) is 0 Å². The SMILES string of the molecule is CCCc1cccc(C#CCNC(C)=O)c1. The van der Waals surface area contributed by atoms with Gasteiger partial charge in [-0.25, -0.2) is 0 Å². The predicted molar refractivity (Wildman–Crippen MR) is 66.0 cm³/mol. The minimum Gasteiger partial charge on any atom is -0.345 e. The number of rotatable bonds is 3. The third-order valence-corrected chi connectivity index (χ3v) is 2.12. The molecule has 0 aliphatic carbocycles. The van der Waals surface area contributed by atoms with Crippen LogP contribution in [0.2, 0.25) is 0 Å². The van der Waals surface area contributed by atoms with E-state index < -0.39 is 0 Å². The molecule has 2 nitrogen and oxygen atoms in total. The first-order valence-electron chi connectivity index (χ1n) is 5.54. The second-order valence-corrected chi connectivity index (χ2v) is 3.66. The highest BCUT2D eigenvalue weighted by atomic mass is 16.1. The Labute approximate surface area is 97.1 Å². The molecule has 0 aromatic heterocycles. The van der Waals surface area contributed by atoms with E-state index >= 15 is 0 Å². The van der Waals surface area contributed by atoms with Gasteiger partial charge in [0, 0.05) is 12.5 Å². The Morgan fingerprint density at radius 2 is 2.25 bits per heavy atom. The van der Waals surface area contributed by atoms with Crippen molar-refractivity contribution in [2.45, 2.75) is 26.7 Å². The van der Waals surface area contributed by atoms with E-state index in [0.717, 1.165) is 18.4 Å². The van der Waals surface area contributed by atoms with Gasteiger partial charge in [-0.2, -0.15) is 0 Å². The van der Waals surface area contributed by atoms with E-state index in [9.17, 15) is 4.79 Å². The summed E-state index contributed by atoms with van der Waals surface area (Å²) in [6.45, 7) is 4.06. The molecular formula is C14H17NO. The number of aryl methyl sites for hydroxylation is 1. The van der Waals surface area contributed by atoms with Gasteiger partial charge in [0.15, 0.2) is 0 Å². The highest BCUT2D eigenvalue weighted by Gasteiger charge is 1.92. The van der Waals surface area contributed by atoms with Crippen molar-refractivity contribution >= 4 is 5.91 Å². The minimum absolute atomic E-state index is 0.0472. The van der Waals surface area contributed by atoms with Gasteiger partial charge in [0.2, 0.25) is 5.91 Å². The van der Waals surface area contributed by atoms with Crippen molar-refractivity contribution in [1.29, 1.82) is 0 Å². The van der Waals surface area contributed by atoms with Gasteiger partial charge in [-0.05, 0) is 24.1 Å². The largest absolute Gasteiger partial charge is 0.345 e. The first-order chi connectivity index (χ1) is 7.72. The van der Waals surface area contributed by atoms with Gasteiger partial charge in [0.1, 0.15) is 0 Å². The lowest BCUT2D eigenvalue weighted by molar-refractivity contribution is -0.118. The van der Waals surface area contributed by atoms with Crippen LogP contribution >= 0.6 is 0 Å². The van der Waals surface area contributed by atoms with E-state index in [-0.39, 0.29) is 5.91 Å². The molecule has 1 amide bonds. The molecule has 0 spiro atoms. The van der Waals surface area contributed by atoms with Crippen molar-refractivity contribution in [3.05, 3.63) is 35.4 Å². The molecule has 0 atom stereocenters. The fraction of sp³-hybridized carbons (Fsp3) is 0.357. The fourth-order valence-electron chi connectivity index (χ4n) is 1.41. The average Bonchev–Trinajstić information content (AvgIpc) is 2.25. The number of carbonyl (C=O) groups excluding carboxylic acids is 1. The Morgan fingerprint density at radius 1 is 1.44 bits per heavy atom. The van der Waals surface area contributed by atoms with Crippen molar-refractivity contribution < 1.29 is 4.79 Å². The van der Waals surface area contributed by atoms with E-state index in [0.29, 0.717) is 6.54 Å². The number of hydrogen-bond acceptors (Lipinski definition) is 1. The van der Waals surface area contributed by atoms with E-state index in [4.69, 9.17) is 0 Å². The summed E-state index contributed by atoms with van der Waals surface area (Å²) in [5, 5.41) is 2.64. The summed E-state index contributed by atoms with van der Waals surface area (Å²) in [5.41, 5.74) is 2.32. The van der Waals surface area contributed by atoms with Crippen LogP contribution in [0.1, 0.15) is 31.4 Å². The van der Waals surface area contributed by atoms with Gasteiger partial charge in [0.25, 0.3) is 0 Å². The van der Waals surface area contributed by atoms with Crippen LogP contribution in [0.5, 0.6) is 0 Å². The summed E-state index contributed by atoms with van der Waals surface area (Å²) >= 11 is 0. The highest BCUT2D eigenvalue weighted by molar-refractivity contribution is 5.73. The molecule has 0 unspecified atom stereocenters. The fourth-order valence-corrected chi connectivity index (χ4v) is 1.41. The number of nitrogens with one attached hydrogen (secondary N) is 1. The molecule has 0 saturated carbocycles. The van der Waals surface area contributed by atoms with Gasteiger partial charge >= 0.3 is 0 Å². The van der Waals surface area contributed by atoms with Crippen molar-refractivity contribution in [3.8, 4) is 11.8 Å². The van der Waals surface area contributed by atoms with Gasteiger partial charge < -0.3 is 5.32 Å². The van der Waals surface area contributed by atoms with Crippen molar-refractivity contribution in [1.82, 2.24) is 5.32 Å². The van der Waals surface area contributed by atoms with E-state index in [2.05, 4.69) is 36.2 Å². The van der Waals surface area contributed by atoms with Gasteiger partial charge in [-0.1, -0.05) is 37.3 Å². The second kappa shape index (κ2) is 6.68. The zero-order chi connectivity index (χ0) is 11.8. The van der Waals surface area contributed by atoms with Crippen molar-refractivity contribution in [2.75, 3.05) is 6.54 Å². The molecule has 1 aromatic rings. The molecule has 1 rings (SSSR count). The Balaban J connectivity index is 2.58. The monoisotopic (exact) mass is 215 g/mol. The third kappa shape index (κ3) is 4.65. The molecule has 0 radical (unpaired) electrons. The summed E-state index contributed by atoms with van der Waals surface area (Å²) < 4.78 is 0. The van der Waals surface area contributed by atoms with Crippen LogP contribution in [-0.2, 0) is 11.2 Å². The summed E-state index contributed by atoms with van der Waals surface area (Å²) in [7, 11) is 0. The Bertz CT molecular complexity index is 412. The highest BCUT2D eigenvalue weighted by Crippen LogP contribution is 2.06. The van der Waals surface area contributed by atoms with Gasteiger partial charge in [-0.15, -0.1) is 0 Å². The molecule has 16 heavy (non-hydrogen) atoms. The lowest BCUT2D eigenvalue weighted by Crippen LogP contribution is -2.19. The van der Waals surface area contributed by atoms with Crippen LogP contribution in [0, 0.1) is 11.8 Å². The van der Waals surface area contributed by atoms with Gasteiger partial charge in [-0.3, -0.25) is 4.79 Å². The van der Waals surface area contributed by atoms with E-state index in [1.807, 2.05) is 12.1 Å². The van der Waals surface area contributed by atoms with E-state index in [1.165, 1.54) is 12.5 Å². The Kier molecular flexibility index (Phi) is 5.15. The number of hydrogen-bond donors (Lipinski definition) is 1. The molecule has 0 aliphatic rings. The van der Waals surface area contributed by atoms with Crippen LogP contribution in [0.3, 0.4) is 0 Å². The van der Waals surface area contributed by atoms with Crippen LogP contribution in [-0.4, -0.2) is 12.5 Å². The summed E-state index contributed by atoms with van der Waals surface area (Å²) in [5.74, 6) is 5.91. The standard InChI is InChI=1S/C14H17NO/c1-3-6-13-7-4-8-14(11-13)9-5-10-15-12(2)16/h4,7-8,11H,3,6,10H2,1-2H3,(H,15,16). The lowest BCUT2D eigenvalue weighted by Gasteiger charge is -1.98. The smallest absolute Gasteiger partial charge is 0.217 e. The molecule has 0 saturated heterocycles. The first-order valence-corrected chi connectivity index (χ1v) is 5.54. The van der Waals surface area contributed by atoms with Crippen molar-refractivity contribution in [3.63, 3.8) is 0 Å². The molecule has 0 heterocycles. The molecule has 2 heteroatoms. The number of carbonyl (C=O) groups is 1. The Hall–Kier alpha value is -1.75. The predicted octanol–water partition coefficient (Wildman–Crippen LogP) is 2.13. The molecule has 0 fully saturated rings. The Morgan fingerprint density at radius 3 is 2.94 bits per heavy atom. The number of benzene rings is 1. The zero-order valence-corrected chi connectivity index (χ0v) is 9.84. The molecular weight excluding hydrogens is 198 g/mol. The van der Waals surface area contributed by atoms with Crippen LogP contribution in [0.15, 0.2) is 24.3 Å². The normalized spacial score (nSPS) is 9.12. The lowest BCUT2D eigenvalue weighted by atomic mass is 10.1. The maximum absolute atomic E-state index is 10.6. The third-order valence-electron chi connectivity index (χ3n) is 2.12. The minimum atomic E-state index is -0.0472. The molecule has 1 aromatic carbocycles. The van der Waals surface area contributed by atoms with Crippen LogP contribution in [0.25, 0.3) is 0 Å². The maximum Gasteiger partial charge on any atom is 0.217 e. The average molecular weight is 215 g/mol. The topological polar surface area (TPSA) is 29.1 Å². The zero-order valence-electron chi connectivity index (χ0n) is 9.84. The summed E-state index contributed by atoms with van der Waals surface area (Å²) in [6.07, 6.45) is 2.23. The summed E-state index contributed by atoms with van der Waals surface area (Å²) in [6, 6.07) is 8.22. The molecule has 1 N–H and O–H groups in total.